The number of aryl methyl sites for hydroxylation is 4. The zero-order valence-corrected chi connectivity index (χ0v) is 22.5. The van der Waals surface area contributed by atoms with Gasteiger partial charge in [-0.05, 0) is 81.0 Å². The van der Waals surface area contributed by atoms with Crippen molar-refractivity contribution in [2.24, 2.45) is 7.05 Å². The first-order chi connectivity index (χ1) is 16.9. The van der Waals surface area contributed by atoms with Crippen LogP contribution in [0.5, 0.6) is 5.75 Å². The number of esters is 1. The molecular formula is C28H38ClN3O3. The van der Waals surface area contributed by atoms with Crippen molar-refractivity contribution >= 4 is 23.6 Å². The monoisotopic (exact) mass is 499 g/mol. The molecule has 0 bridgehead atoms. The Balaban J connectivity index is 0.00000210. The van der Waals surface area contributed by atoms with Crippen LogP contribution >= 0.6 is 11.6 Å². The second kappa shape index (κ2) is 14.4. The maximum atomic E-state index is 12.6. The summed E-state index contributed by atoms with van der Waals surface area (Å²) in [6, 6.07) is 11.7. The number of hydrogen-bond donors (Lipinski definition) is 1. The van der Waals surface area contributed by atoms with Crippen LogP contribution in [0.2, 0.25) is 5.02 Å². The van der Waals surface area contributed by atoms with Gasteiger partial charge in [0.2, 0.25) is 0 Å². The van der Waals surface area contributed by atoms with Gasteiger partial charge in [-0.25, -0.2) is 9.59 Å². The van der Waals surface area contributed by atoms with Crippen molar-refractivity contribution in [1.29, 1.82) is 0 Å². The molecule has 0 unspecified atom stereocenters. The van der Waals surface area contributed by atoms with Gasteiger partial charge in [-0.15, -0.1) is 5.10 Å². The number of benzene rings is 2. The molecule has 2 aromatic carbocycles. The number of aromatic nitrogens is 3. The van der Waals surface area contributed by atoms with Crippen molar-refractivity contribution in [3.63, 3.8) is 0 Å². The fourth-order valence-electron chi connectivity index (χ4n) is 3.60. The number of ether oxygens (including phenoxy) is 2. The van der Waals surface area contributed by atoms with Crippen molar-refractivity contribution in [3.8, 4) is 5.75 Å². The van der Waals surface area contributed by atoms with E-state index in [1.54, 1.807) is 4.80 Å². The summed E-state index contributed by atoms with van der Waals surface area (Å²) in [7, 11) is 1.86. The van der Waals surface area contributed by atoms with E-state index in [2.05, 4.69) is 10.2 Å². The molecule has 0 aliphatic rings. The van der Waals surface area contributed by atoms with E-state index in [-0.39, 0.29) is 5.97 Å². The molecule has 0 atom stereocenters. The lowest BCUT2D eigenvalue weighted by molar-refractivity contribution is -0.138. The third kappa shape index (κ3) is 8.62. The summed E-state index contributed by atoms with van der Waals surface area (Å²) in [5.74, 6) is 1.44. The van der Waals surface area contributed by atoms with Gasteiger partial charge < -0.3 is 9.47 Å². The summed E-state index contributed by atoms with van der Waals surface area (Å²) >= 11 is 6.33. The fraction of sp³-hybridized carbons (Fsp3) is 0.429. The van der Waals surface area contributed by atoms with E-state index < -0.39 is 0 Å². The Bertz CT molecular complexity index is 1080. The number of nitrogens with one attached hydrogen (secondary N) is 1. The quantitative estimate of drug-likeness (QED) is 0.175. The van der Waals surface area contributed by atoms with E-state index in [9.17, 15) is 4.79 Å². The Labute approximate surface area is 214 Å². The van der Waals surface area contributed by atoms with Crippen LogP contribution in [0, 0.1) is 13.8 Å². The molecule has 0 spiro atoms. The molecule has 3 rings (SSSR count). The molecule has 7 heteroatoms. The van der Waals surface area contributed by atoms with Gasteiger partial charge in [-0.3, -0.25) is 5.10 Å². The minimum absolute atomic E-state index is 0.270. The number of rotatable bonds is 11. The van der Waals surface area contributed by atoms with Crippen LogP contribution in [0.25, 0.3) is 6.08 Å². The highest BCUT2D eigenvalue weighted by molar-refractivity contribution is 6.31. The molecular weight excluding hydrogens is 462 g/mol. The number of halogens is 1. The summed E-state index contributed by atoms with van der Waals surface area (Å²) in [4.78, 5) is 14.3. The van der Waals surface area contributed by atoms with E-state index >= 15 is 0 Å². The lowest BCUT2D eigenvalue weighted by Crippen LogP contribution is -2.15. The first kappa shape index (κ1) is 28.2. The van der Waals surface area contributed by atoms with Gasteiger partial charge in [0.1, 0.15) is 18.2 Å². The largest absolute Gasteiger partial charge is 0.489 e. The molecule has 0 radical (unpaired) electrons. The Hall–Kier alpha value is -2.99. The second-order valence-electron chi connectivity index (χ2n) is 8.12. The van der Waals surface area contributed by atoms with Crippen molar-refractivity contribution in [1.82, 2.24) is 15.0 Å². The first-order valence-corrected chi connectivity index (χ1v) is 12.7. The van der Waals surface area contributed by atoms with Crippen molar-refractivity contribution in [2.75, 3.05) is 6.61 Å². The minimum Gasteiger partial charge on any atom is -0.489 e. The van der Waals surface area contributed by atoms with Gasteiger partial charge in [0, 0.05) is 29.6 Å². The Morgan fingerprint density at radius 1 is 1.14 bits per heavy atom. The number of unbranched alkanes of at least 4 members (excludes halogenated alkanes) is 1. The van der Waals surface area contributed by atoms with Crippen LogP contribution < -0.4 is 4.74 Å². The molecule has 0 aliphatic heterocycles. The molecule has 35 heavy (non-hydrogen) atoms. The summed E-state index contributed by atoms with van der Waals surface area (Å²) < 4.78 is 11.3. The molecule has 0 amide bonds. The maximum absolute atomic E-state index is 12.6. The van der Waals surface area contributed by atoms with Crippen LogP contribution in [0.15, 0.2) is 42.0 Å². The van der Waals surface area contributed by atoms with Crippen molar-refractivity contribution < 1.29 is 14.3 Å². The minimum atomic E-state index is -0.270. The van der Waals surface area contributed by atoms with E-state index in [1.807, 2.05) is 84.1 Å². The number of nitrogens with zero attached hydrogens (tertiary/aromatic N) is 2. The van der Waals surface area contributed by atoms with E-state index in [1.165, 1.54) is 0 Å². The van der Waals surface area contributed by atoms with Crippen LogP contribution in [0.1, 0.15) is 68.1 Å². The highest BCUT2D eigenvalue weighted by atomic mass is 35.5. The number of H-pyrrole nitrogens is 1. The van der Waals surface area contributed by atoms with Crippen LogP contribution in [0.4, 0.5) is 0 Å². The van der Waals surface area contributed by atoms with E-state index in [4.69, 9.17) is 21.1 Å². The van der Waals surface area contributed by atoms with Gasteiger partial charge in [0.25, 0.3) is 0 Å². The second-order valence-corrected chi connectivity index (χ2v) is 8.53. The lowest BCUT2D eigenvalue weighted by Gasteiger charge is -2.13. The lowest BCUT2D eigenvalue weighted by atomic mass is 10.0. The molecule has 3 aromatic rings. The van der Waals surface area contributed by atoms with E-state index in [0.717, 1.165) is 53.1 Å². The third-order valence-electron chi connectivity index (χ3n) is 5.53. The highest BCUT2D eigenvalue weighted by Gasteiger charge is 2.13. The number of aromatic amines is 1. The summed E-state index contributed by atoms with van der Waals surface area (Å²) in [5.41, 5.74) is 4.74. The zero-order valence-electron chi connectivity index (χ0n) is 21.8. The molecule has 1 aromatic heterocycles. The molecule has 1 heterocycles. The fourth-order valence-corrected chi connectivity index (χ4v) is 3.87. The van der Waals surface area contributed by atoms with Crippen LogP contribution in [0.3, 0.4) is 0 Å². The van der Waals surface area contributed by atoms with Gasteiger partial charge in [-0.2, -0.15) is 0 Å². The average molecular weight is 500 g/mol. The molecule has 0 fully saturated rings. The first-order valence-electron chi connectivity index (χ1n) is 12.3. The van der Waals surface area contributed by atoms with E-state index in [0.29, 0.717) is 30.2 Å². The molecule has 6 nitrogen and oxygen atoms in total. The predicted molar refractivity (Wildman–Crippen MR) is 143 cm³/mol. The molecule has 0 saturated carbocycles. The molecule has 190 valence electrons. The number of carbonyl (C=O) groups excluding carboxylic acids is 1. The summed E-state index contributed by atoms with van der Waals surface area (Å²) in [5, 5.41) is 8.06. The molecule has 1 N–H and O–H groups in total. The van der Waals surface area contributed by atoms with Gasteiger partial charge in [-0.1, -0.05) is 43.6 Å². The Kier molecular flexibility index (Phi) is 11.6. The highest BCUT2D eigenvalue weighted by Crippen LogP contribution is 2.25. The summed E-state index contributed by atoms with van der Waals surface area (Å²) in [6.45, 7) is 10.6. The normalized spacial score (nSPS) is 11.1. The Morgan fingerprint density at radius 2 is 1.89 bits per heavy atom. The maximum Gasteiger partial charge on any atom is 0.334 e. The topological polar surface area (TPSA) is 69.1 Å². The zero-order chi connectivity index (χ0) is 25.8. The van der Waals surface area contributed by atoms with Gasteiger partial charge in [0.15, 0.2) is 0 Å². The number of carbonyl (C=O) groups is 1. The molecule has 0 saturated heterocycles. The predicted octanol–water partition coefficient (Wildman–Crippen LogP) is 6.98. The van der Waals surface area contributed by atoms with Crippen molar-refractivity contribution in [3.05, 3.63) is 75.1 Å². The number of hydrogen-bond acceptors (Lipinski definition) is 4. The standard InChI is InChI=1S/C26H32ClN3O3.C2H6/c1-5-32-26(31)20(10-6-7-12-25-28-30(4)29-25)15-21-16-22(14-13-18(21)2)33-17-23-19(3)9-8-11-24(23)27;1-2/h8-9,11,13-16H,5-7,10,12,17H2,1-4H3,(H,28,29);1-2H3/b20-15+;. The van der Waals surface area contributed by atoms with Crippen molar-refractivity contribution in [2.45, 2.75) is 66.9 Å². The van der Waals surface area contributed by atoms with Gasteiger partial charge in [0.05, 0.1) is 6.61 Å². The third-order valence-corrected chi connectivity index (χ3v) is 5.88. The molecule has 0 aliphatic carbocycles. The van der Waals surface area contributed by atoms with Crippen LogP contribution in [-0.2, 0) is 29.6 Å². The summed E-state index contributed by atoms with van der Waals surface area (Å²) in [6.07, 6.45) is 5.25. The Morgan fingerprint density at radius 3 is 2.54 bits per heavy atom. The van der Waals surface area contributed by atoms with Gasteiger partial charge >= 0.3 is 5.97 Å². The van der Waals surface area contributed by atoms with Crippen LogP contribution in [-0.4, -0.2) is 27.6 Å². The average Bonchev–Trinajstić information content (AvgIpc) is 2.82. The SMILES string of the molecule is CC.CCOC(=O)/C(=C/c1cc(OCc2c(C)cccc2Cl)ccc1C)CCCCc1nn(C)[nH]1. The smallest absolute Gasteiger partial charge is 0.334 e.